The molecule has 5 aromatic rings. The second-order valence-corrected chi connectivity index (χ2v) is 12.0. The van der Waals surface area contributed by atoms with Gasteiger partial charge in [0.15, 0.2) is 0 Å². The predicted molar refractivity (Wildman–Crippen MR) is 178 cm³/mol. The minimum atomic E-state index is -0.502. The summed E-state index contributed by atoms with van der Waals surface area (Å²) in [5.74, 6) is -0.621. The van der Waals surface area contributed by atoms with Gasteiger partial charge in [0.05, 0.1) is 11.3 Å². The largest absolute Gasteiger partial charge is 0.321 e. The second-order valence-electron chi connectivity index (χ2n) is 10.5. The van der Waals surface area contributed by atoms with Gasteiger partial charge in [-0.2, -0.15) is 0 Å². The third-order valence-corrected chi connectivity index (χ3v) is 8.94. The van der Waals surface area contributed by atoms with E-state index in [1.165, 1.54) is 22.7 Å². The van der Waals surface area contributed by atoms with Crippen molar-refractivity contribution < 1.29 is 14.4 Å². The summed E-state index contributed by atoms with van der Waals surface area (Å²) in [7, 11) is 0. The lowest BCUT2D eigenvalue weighted by Gasteiger charge is -2.15. The lowest BCUT2D eigenvalue weighted by Crippen LogP contribution is -2.30. The third-order valence-electron chi connectivity index (χ3n) is 7.62. The van der Waals surface area contributed by atoms with Crippen LogP contribution in [0.25, 0.3) is 17.0 Å². The van der Waals surface area contributed by atoms with Crippen molar-refractivity contribution in [3.8, 4) is 0 Å². The van der Waals surface area contributed by atoms with Crippen LogP contribution in [-0.4, -0.2) is 28.0 Å². The van der Waals surface area contributed by atoms with Crippen molar-refractivity contribution in [2.75, 3.05) is 11.1 Å². The summed E-state index contributed by atoms with van der Waals surface area (Å²) in [4.78, 5) is 40.8. The number of hydrogen-bond acceptors (Lipinski definition) is 4. The molecule has 4 aromatic carbocycles. The standard InChI is InChI=1S/C36H30ClN3O3S/c37-30-18-7-4-13-25(30)21-31(39-35(42)24-11-2-1-3-12-24)36(43)38-26-14-10-15-27(22-26)44-23-34(41)40-32-19-8-5-16-28(32)29-17-6-9-20-33(29)40/h1-5,7-8,10-16,18-19,21-22H,6,9,17,20,23H2,(H,38,43)(H,39,42)/b31-21-. The summed E-state index contributed by atoms with van der Waals surface area (Å²) in [6.07, 6.45) is 5.70. The number of carbonyl (C=O) groups excluding carboxylic acids is 3. The molecule has 1 aliphatic rings. The number of amides is 2. The van der Waals surface area contributed by atoms with Gasteiger partial charge in [-0.1, -0.05) is 72.3 Å². The maximum Gasteiger partial charge on any atom is 0.272 e. The van der Waals surface area contributed by atoms with Gasteiger partial charge in [-0.15, -0.1) is 11.8 Å². The molecule has 1 aromatic heterocycles. The first kappa shape index (κ1) is 29.5. The topological polar surface area (TPSA) is 80.2 Å². The zero-order chi connectivity index (χ0) is 30.5. The molecular formula is C36H30ClN3O3S. The van der Waals surface area contributed by atoms with E-state index in [1.54, 1.807) is 60.7 Å². The molecule has 0 radical (unpaired) electrons. The summed E-state index contributed by atoms with van der Waals surface area (Å²) < 4.78 is 1.91. The van der Waals surface area contributed by atoms with Crippen LogP contribution in [0.1, 0.15) is 44.8 Å². The van der Waals surface area contributed by atoms with Crippen molar-refractivity contribution in [2.45, 2.75) is 30.6 Å². The number of nitrogens with zero attached hydrogens (tertiary/aromatic N) is 1. The number of para-hydroxylation sites is 1. The molecule has 0 fully saturated rings. The fourth-order valence-electron chi connectivity index (χ4n) is 5.54. The monoisotopic (exact) mass is 619 g/mol. The number of nitrogens with one attached hydrogen (secondary N) is 2. The Kier molecular flexibility index (Phi) is 8.96. The van der Waals surface area contributed by atoms with E-state index in [0.29, 0.717) is 21.8 Å². The van der Waals surface area contributed by atoms with E-state index in [9.17, 15) is 14.4 Å². The molecule has 44 heavy (non-hydrogen) atoms. The van der Waals surface area contributed by atoms with E-state index in [4.69, 9.17) is 11.6 Å². The normalized spacial score (nSPS) is 12.9. The smallest absolute Gasteiger partial charge is 0.272 e. The Morgan fingerprint density at radius 2 is 1.59 bits per heavy atom. The molecule has 1 heterocycles. The SMILES string of the molecule is O=C(Nc1cccc(SCC(=O)n2c3c(c4ccccc42)CCCC3)c1)/C(=C/c1ccccc1Cl)NC(=O)c1ccccc1. The van der Waals surface area contributed by atoms with Gasteiger partial charge >= 0.3 is 0 Å². The van der Waals surface area contributed by atoms with E-state index < -0.39 is 11.8 Å². The van der Waals surface area contributed by atoms with Crippen LogP contribution in [-0.2, 0) is 17.6 Å². The average Bonchev–Trinajstić information content (AvgIpc) is 3.39. The summed E-state index contributed by atoms with van der Waals surface area (Å²) >= 11 is 7.78. The van der Waals surface area contributed by atoms with E-state index >= 15 is 0 Å². The van der Waals surface area contributed by atoms with Gasteiger partial charge in [0.1, 0.15) is 5.70 Å². The van der Waals surface area contributed by atoms with Crippen molar-refractivity contribution in [3.63, 3.8) is 0 Å². The lowest BCUT2D eigenvalue weighted by molar-refractivity contribution is -0.113. The van der Waals surface area contributed by atoms with Crippen molar-refractivity contribution in [1.82, 2.24) is 9.88 Å². The number of carbonyl (C=O) groups is 3. The van der Waals surface area contributed by atoms with Crippen LogP contribution in [0.2, 0.25) is 5.02 Å². The molecule has 0 atom stereocenters. The molecule has 0 bridgehead atoms. The summed E-state index contributed by atoms with van der Waals surface area (Å²) in [6, 6.07) is 31.2. The molecule has 0 saturated carbocycles. The van der Waals surface area contributed by atoms with Crippen molar-refractivity contribution >= 4 is 63.8 Å². The first-order chi connectivity index (χ1) is 21.5. The van der Waals surface area contributed by atoms with Gasteiger partial charge < -0.3 is 10.6 Å². The molecule has 2 amide bonds. The Bertz CT molecular complexity index is 1900. The molecule has 0 spiro atoms. The summed E-state index contributed by atoms with van der Waals surface area (Å²) in [6.45, 7) is 0. The highest BCUT2D eigenvalue weighted by Gasteiger charge is 2.23. The third kappa shape index (κ3) is 6.49. The van der Waals surface area contributed by atoms with Crippen molar-refractivity contribution in [2.24, 2.45) is 0 Å². The number of hydrogen-bond donors (Lipinski definition) is 2. The van der Waals surface area contributed by atoms with Gasteiger partial charge in [0, 0.05) is 32.2 Å². The number of benzene rings is 4. The molecule has 6 nitrogen and oxygen atoms in total. The molecule has 1 aliphatic carbocycles. The summed E-state index contributed by atoms with van der Waals surface area (Å²) in [5, 5.41) is 7.25. The fourth-order valence-corrected chi connectivity index (χ4v) is 6.54. The van der Waals surface area contributed by atoms with Crippen LogP contribution in [0.4, 0.5) is 5.69 Å². The maximum atomic E-state index is 13.6. The maximum absolute atomic E-state index is 13.6. The quantitative estimate of drug-likeness (QED) is 0.136. The Morgan fingerprint density at radius 3 is 2.43 bits per heavy atom. The highest BCUT2D eigenvalue weighted by molar-refractivity contribution is 8.00. The van der Waals surface area contributed by atoms with E-state index in [0.717, 1.165) is 41.8 Å². The number of aryl methyl sites for hydroxylation is 1. The zero-order valence-corrected chi connectivity index (χ0v) is 25.5. The predicted octanol–water partition coefficient (Wildman–Crippen LogP) is 8.02. The van der Waals surface area contributed by atoms with Crippen LogP contribution in [0.5, 0.6) is 0 Å². The van der Waals surface area contributed by atoms with Crippen LogP contribution in [0, 0.1) is 0 Å². The molecular weight excluding hydrogens is 590 g/mol. The van der Waals surface area contributed by atoms with E-state index in [1.807, 2.05) is 47.0 Å². The number of aromatic nitrogens is 1. The van der Waals surface area contributed by atoms with Crippen LogP contribution < -0.4 is 10.6 Å². The first-order valence-corrected chi connectivity index (χ1v) is 15.9. The van der Waals surface area contributed by atoms with E-state index in [-0.39, 0.29) is 17.4 Å². The Labute approximate surface area is 265 Å². The first-order valence-electron chi connectivity index (χ1n) is 14.5. The number of rotatable bonds is 8. The lowest BCUT2D eigenvalue weighted by atomic mass is 9.96. The van der Waals surface area contributed by atoms with Gasteiger partial charge in [0.25, 0.3) is 11.8 Å². The number of anilines is 1. The second kappa shape index (κ2) is 13.4. The minimum Gasteiger partial charge on any atom is -0.321 e. The Morgan fingerprint density at radius 1 is 0.841 bits per heavy atom. The summed E-state index contributed by atoms with van der Waals surface area (Å²) in [5.41, 5.74) is 5.01. The fraction of sp³-hybridized carbons (Fsp3) is 0.139. The number of fused-ring (bicyclic) bond motifs is 3. The zero-order valence-electron chi connectivity index (χ0n) is 23.9. The number of halogens is 1. The molecule has 2 N–H and O–H groups in total. The van der Waals surface area contributed by atoms with Gasteiger partial charge in [0.2, 0.25) is 5.91 Å². The molecule has 0 saturated heterocycles. The van der Waals surface area contributed by atoms with Crippen LogP contribution >= 0.6 is 23.4 Å². The Hall–Kier alpha value is -4.59. The van der Waals surface area contributed by atoms with Crippen molar-refractivity contribution in [3.05, 3.63) is 136 Å². The molecule has 6 rings (SSSR count). The number of thioether (sulfide) groups is 1. The molecule has 220 valence electrons. The van der Waals surface area contributed by atoms with Gasteiger partial charge in [-0.25, -0.2) is 0 Å². The highest BCUT2D eigenvalue weighted by Crippen LogP contribution is 2.33. The minimum absolute atomic E-state index is 0.0392. The Balaban J connectivity index is 1.19. The van der Waals surface area contributed by atoms with Crippen molar-refractivity contribution in [1.29, 1.82) is 0 Å². The average molecular weight is 620 g/mol. The highest BCUT2D eigenvalue weighted by atomic mass is 35.5. The molecule has 8 heteroatoms. The van der Waals surface area contributed by atoms with Gasteiger partial charge in [-0.3, -0.25) is 19.0 Å². The van der Waals surface area contributed by atoms with Crippen LogP contribution in [0.15, 0.2) is 114 Å². The molecule has 0 aliphatic heterocycles. The molecule has 0 unspecified atom stereocenters. The van der Waals surface area contributed by atoms with Gasteiger partial charge in [-0.05, 0) is 85.4 Å². The van der Waals surface area contributed by atoms with E-state index in [2.05, 4.69) is 16.7 Å². The van der Waals surface area contributed by atoms with Crippen LogP contribution in [0.3, 0.4) is 0 Å².